The van der Waals surface area contributed by atoms with Crippen molar-refractivity contribution in [1.82, 2.24) is 8.87 Å². The average molecular weight is 423 g/mol. The van der Waals surface area contributed by atoms with Gasteiger partial charge in [0, 0.05) is 20.1 Å². The zero-order chi connectivity index (χ0) is 20.5. The summed E-state index contributed by atoms with van der Waals surface area (Å²) in [6.07, 6.45) is 0. The van der Waals surface area contributed by atoms with Gasteiger partial charge in [0.15, 0.2) is 11.5 Å². The second kappa shape index (κ2) is 7.94. The molecule has 150 valence electrons. The molecule has 28 heavy (non-hydrogen) atoms. The molecule has 1 aromatic heterocycles. The Bertz CT molecular complexity index is 1160. The SMILES string of the molecule is CCn1c(=O)sc2cc(S(=O)(=O)N(C)Cc3ccc(OC)c(OC)c3)ccc21. The molecule has 2 aromatic carbocycles. The number of nitrogens with zero attached hydrogens (tertiary/aromatic N) is 2. The molecule has 0 N–H and O–H groups in total. The monoisotopic (exact) mass is 422 g/mol. The van der Waals surface area contributed by atoms with Crippen LogP contribution in [0.2, 0.25) is 0 Å². The van der Waals surface area contributed by atoms with Gasteiger partial charge in [-0.2, -0.15) is 4.31 Å². The van der Waals surface area contributed by atoms with Crippen molar-refractivity contribution in [3.05, 3.63) is 51.6 Å². The van der Waals surface area contributed by atoms with Crippen molar-refractivity contribution in [3.8, 4) is 11.5 Å². The molecule has 0 bridgehead atoms. The summed E-state index contributed by atoms with van der Waals surface area (Å²) in [5, 5.41) is 0. The van der Waals surface area contributed by atoms with Crippen LogP contribution < -0.4 is 14.3 Å². The highest BCUT2D eigenvalue weighted by Gasteiger charge is 2.22. The molecule has 0 saturated carbocycles. The van der Waals surface area contributed by atoms with Gasteiger partial charge in [0.05, 0.1) is 29.3 Å². The Morgan fingerprint density at radius 2 is 1.79 bits per heavy atom. The number of methoxy groups -OCH3 is 2. The summed E-state index contributed by atoms with van der Waals surface area (Å²) in [7, 11) is 0.885. The Balaban J connectivity index is 1.92. The minimum absolute atomic E-state index is 0.0919. The zero-order valence-corrected chi connectivity index (χ0v) is 17.8. The predicted molar refractivity (Wildman–Crippen MR) is 110 cm³/mol. The third-order valence-corrected chi connectivity index (χ3v) is 7.26. The first-order chi connectivity index (χ1) is 13.3. The largest absolute Gasteiger partial charge is 0.493 e. The second-order valence-corrected chi connectivity index (χ2v) is 9.23. The molecule has 0 saturated heterocycles. The van der Waals surface area contributed by atoms with Gasteiger partial charge in [-0.1, -0.05) is 17.4 Å². The second-order valence-electron chi connectivity index (χ2n) is 6.19. The number of thiazole rings is 1. The highest BCUT2D eigenvalue weighted by Crippen LogP contribution is 2.29. The van der Waals surface area contributed by atoms with Crippen molar-refractivity contribution < 1.29 is 17.9 Å². The van der Waals surface area contributed by atoms with Gasteiger partial charge in [-0.15, -0.1) is 0 Å². The lowest BCUT2D eigenvalue weighted by Gasteiger charge is -2.18. The number of benzene rings is 2. The topological polar surface area (TPSA) is 77.8 Å². The van der Waals surface area contributed by atoms with E-state index in [1.165, 1.54) is 18.5 Å². The van der Waals surface area contributed by atoms with Crippen molar-refractivity contribution >= 4 is 31.6 Å². The highest BCUT2D eigenvalue weighted by atomic mass is 32.2. The van der Waals surface area contributed by atoms with Crippen LogP contribution in [0.15, 0.2) is 46.1 Å². The van der Waals surface area contributed by atoms with Crippen molar-refractivity contribution in [1.29, 1.82) is 0 Å². The van der Waals surface area contributed by atoms with E-state index in [2.05, 4.69) is 0 Å². The Hall–Kier alpha value is -2.36. The summed E-state index contributed by atoms with van der Waals surface area (Å²) in [6.45, 7) is 2.60. The van der Waals surface area contributed by atoms with E-state index in [9.17, 15) is 13.2 Å². The number of rotatable bonds is 7. The van der Waals surface area contributed by atoms with Crippen LogP contribution in [-0.4, -0.2) is 38.6 Å². The average Bonchev–Trinajstić information content (AvgIpc) is 3.01. The van der Waals surface area contributed by atoms with Crippen LogP contribution in [0.3, 0.4) is 0 Å². The molecule has 0 aliphatic carbocycles. The number of aryl methyl sites for hydroxylation is 1. The summed E-state index contributed by atoms with van der Waals surface area (Å²) >= 11 is 1.05. The molecule has 0 radical (unpaired) electrons. The first kappa shape index (κ1) is 20.4. The van der Waals surface area contributed by atoms with E-state index in [0.29, 0.717) is 22.7 Å². The van der Waals surface area contributed by atoms with Gasteiger partial charge in [0.1, 0.15) is 0 Å². The standard InChI is InChI=1S/C19H22N2O5S2/c1-5-21-15-8-7-14(11-18(15)27-19(21)22)28(23,24)20(2)12-13-6-9-16(25-3)17(10-13)26-4/h6-11H,5,12H2,1-4H3. The van der Waals surface area contributed by atoms with Gasteiger partial charge in [-0.3, -0.25) is 9.36 Å². The maximum Gasteiger partial charge on any atom is 0.308 e. The maximum absolute atomic E-state index is 13.0. The van der Waals surface area contributed by atoms with E-state index < -0.39 is 10.0 Å². The summed E-state index contributed by atoms with van der Waals surface area (Å²) in [4.78, 5) is 12.1. The van der Waals surface area contributed by atoms with Gasteiger partial charge < -0.3 is 9.47 Å². The van der Waals surface area contributed by atoms with Gasteiger partial charge in [-0.05, 0) is 42.8 Å². The van der Waals surface area contributed by atoms with E-state index in [4.69, 9.17) is 9.47 Å². The Kier molecular flexibility index (Phi) is 5.78. The zero-order valence-electron chi connectivity index (χ0n) is 16.1. The number of hydrogen-bond acceptors (Lipinski definition) is 6. The fourth-order valence-electron chi connectivity index (χ4n) is 3.01. The van der Waals surface area contributed by atoms with Crippen LogP contribution in [0.1, 0.15) is 12.5 Å². The molecule has 0 spiro atoms. The lowest BCUT2D eigenvalue weighted by atomic mass is 10.2. The molecule has 0 aliphatic rings. The summed E-state index contributed by atoms with van der Waals surface area (Å²) < 4.78 is 40.1. The maximum atomic E-state index is 13.0. The molecular weight excluding hydrogens is 400 g/mol. The van der Waals surface area contributed by atoms with Gasteiger partial charge in [-0.25, -0.2) is 8.42 Å². The molecule has 0 amide bonds. The molecule has 0 atom stereocenters. The van der Waals surface area contributed by atoms with E-state index in [1.807, 2.05) is 6.92 Å². The van der Waals surface area contributed by atoms with Gasteiger partial charge in [0.2, 0.25) is 10.0 Å². The Morgan fingerprint density at radius 1 is 1.07 bits per heavy atom. The molecule has 3 rings (SSSR count). The molecule has 0 fully saturated rings. The van der Waals surface area contributed by atoms with Crippen LogP contribution in [0.5, 0.6) is 11.5 Å². The molecule has 1 heterocycles. The molecule has 7 nitrogen and oxygen atoms in total. The fraction of sp³-hybridized carbons (Fsp3) is 0.316. The van der Waals surface area contributed by atoms with E-state index in [0.717, 1.165) is 22.4 Å². The third kappa shape index (κ3) is 3.65. The fourth-order valence-corrected chi connectivity index (χ4v) is 5.26. The minimum Gasteiger partial charge on any atom is -0.493 e. The molecule has 9 heteroatoms. The van der Waals surface area contributed by atoms with Crippen LogP contribution in [-0.2, 0) is 23.1 Å². The van der Waals surface area contributed by atoms with Crippen molar-refractivity contribution in [2.24, 2.45) is 0 Å². The Labute approximate surface area is 167 Å². The molecule has 0 aliphatic heterocycles. The number of aromatic nitrogens is 1. The van der Waals surface area contributed by atoms with Gasteiger partial charge >= 0.3 is 4.87 Å². The number of fused-ring (bicyclic) bond motifs is 1. The third-order valence-electron chi connectivity index (χ3n) is 4.52. The normalized spacial score (nSPS) is 11.9. The predicted octanol–water partition coefficient (Wildman–Crippen LogP) is 2.92. The lowest BCUT2D eigenvalue weighted by molar-refractivity contribution is 0.354. The lowest BCUT2D eigenvalue weighted by Crippen LogP contribution is -2.26. The summed E-state index contributed by atoms with van der Waals surface area (Å²) in [5.74, 6) is 1.12. The van der Waals surface area contributed by atoms with Crippen molar-refractivity contribution in [2.45, 2.75) is 24.9 Å². The first-order valence-corrected chi connectivity index (χ1v) is 10.9. The molecule has 3 aromatic rings. The summed E-state index contributed by atoms with van der Waals surface area (Å²) in [6, 6.07) is 10.1. The van der Waals surface area contributed by atoms with E-state index >= 15 is 0 Å². The quantitative estimate of drug-likeness (QED) is 0.585. The van der Waals surface area contributed by atoms with Crippen molar-refractivity contribution in [2.75, 3.05) is 21.3 Å². The van der Waals surface area contributed by atoms with E-state index in [-0.39, 0.29) is 16.3 Å². The van der Waals surface area contributed by atoms with E-state index in [1.54, 1.807) is 48.1 Å². The molecular formula is C19H22N2O5S2. The summed E-state index contributed by atoms with van der Waals surface area (Å²) in [5.41, 5.74) is 1.52. The minimum atomic E-state index is -3.72. The first-order valence-electron chi connectivity index (χ1n) is 8.62. The van der Waals surface area contributed by atoms with Crippen LogP contribution in [0.4, 0.5) is 0 Å². The Morgan fingerprint density at radius 3 is 2.43 bits per heavy atom. The number of sulfonamides is 1. The number of hydrogen-bond donors (Lipinski definition) is 0. The molecule has 0 unspecified atom stereocenters. The van der Waals surface area contributed by atoms with Crippen LogP contribution >= 0.6 is 11.3 Å². The van der Waals surface area contributed by atoms with Gasteiger partial charge in [0.25, 0.3) is 0 Å². The van der Waals surface area contributed by atoms with Crippen LogP contribution in [0, 0.1) is 0 Å². The number of ether oxygens (including phenoxy) is 2. The van der Waals surface area contributed by atoms with Crippen LogP contribution in [0.25, 0.3) is 10.2 Å². The van der Waals surface area contributed by atoms with Crippen molar-refractivity contribution in [3.63, 3.8) is 0 Å². The highest BCUT2D eigenvalue weighted by molar-refractivity contribution is 7.89. The smallest absolute Gasteiger partial charge is 0.308 e.